The Balaban J connectivity index is 1.36. The van der Waals surface area contributed by atoms with E-state index >= 15 is 0 Å². The highest BCUT2D eigenvalue weighted by molar-refractivity contribution is 7.99. The van der Waals surface area contributed by atoms with Crippen LogP contribution in [-0.2, 0) is 19.5 Å². The highest BCUT2D eigenvalue weighted by Gasteiger charge is 2.19. The van der Waals surface area contributed by atoms with Crippen LogP contribution in [0.4, 0.5) is 11.8 Å². The van der Waals surface area contributed by atoms with Crippen LogP contribution in [0.1, 0.15) is 16.7 Å². The fraction of sp³-hybridized carbons (Fsp3) is 0.167. The minimum atomic E-state index is 0.429. The summed E-state index contributed by atoms with van der Waals surface area (Å²) in [5, 5.41) is 8.13. The molecular weight excluding hydrogens is 464 g/mol. The summed E-state index contributed by atoms with van der Waals surface area (Å²) >= 11 is 6.88. The molecule has 0 bridgehead atoms. The second kappa shape index (κ2) is 10.5. The smallest absolute Gasteiger partial charge is 0.232 e. The molecule has 0 saturated carbocycles. The number of pyridine rings is 1. The normalized spacial score (nSPS) is 12.6. The number of rotatable bonds is 6. The first-order valence-electron chi connectivity index (χ1n) is 10.8. The number of fused-ring (bicyclic) bond motifs is 1. The topological polar surface area (TPSA) is 91.8 Å². The lowest BCUT2D eigenvalue weighted by Gasteiger charge is -2.30. The predicted molar refractivity (Wildman–Crippen MR) is 137 cm³/mol. The molecule has 0 radical (unpaired) electrons. The van der Waals surface area contributed by atoms with E-state index in [1.54, 1.807) is 30.9 Å². The Labute approximate surface area is 207 Å². The lowest BCUT2D eigenvalue weighted by molar-refractivity contribution is 0.717. The van der Waals surface area contributed by atoms with Crippen molar-refractivity contribution in [1.29, 1.82) is 0 Å². The van der Waals surface area contributed by atoms with Crippen LogP contribution in [0.2, 0.25) is 0 Å². The van der Waals surface area contributed by atoms with E-state index < -0.39 is 0 Å². The van der Waals surface area contributed by atoms with E-state index in [4.69, 9.17) is 17.2 Å². The molecule has 0 fully saturated rings. The molecule has 0 saturated heterocycles. The Hall–Kier alpha value is -3.63. The SMILES string of the molecule is S=C(NCc1cccnc1)Nc1nc(Sc2ncccn2)cc(N2CCc3ccccc3C2)n1. The molecule has 34 heavy (non-hydrogen) atoms. The zero-order valence-corrected chi connectivity index (χ0v) is 19.9. The summed E-state index contributed by atoms with van der Waals surface area (Å²) in [5.41, 5.74) is 3.74. The minimum absolute atomic E-state index is 0.429. The highest BCUT2D eigenvalue weighted by Crippen LogP contribution is 2.29. The van der Waals surface area contributed by atoms with E-state index in [0.717, 1.165) is 35.9 Å². The molecule has 0 unspecified atom stereocenters. The molecule has 8 nitrogen and oxygen atoms in total. The van der Waals surface area contributed by atoms with E-state index in [-0.39, 0.29) is 0 Å². The Morgan fingerprint density at radius 1 is 1.00 bits per heavy atom. The molecule has 4 heterocycles. The maximum atomic E-state index is 5.49. The van der Waals surface area contributed by atoms with E-state index in [1.165, 1.54) is 22.9 Å². The van der Waals surface area contributed by atoms with Gasteiger partial charge in [0.2, 0.25) is 5.95 Å². The third-order valence-corrected chi connectivity index (χ3v) is 6.34. The second-order valence-corrected chi connectivity index (χ2v) is 9.03. The Bertz CT molecular complexity index is 1270. The Kier molecular flexibility index (Phi) is 6.87. The summed E-state index contributed by atoms with van der Waals surface area (Å²) in [5.74, 6) is 1.26. The van der Waals surface area contributed by atoms with Gasteiger partial charge in [-0.1, -0.05) is 30.3 Å². The van der Waals surface area contributed by atoms with Gasteiger partial charge in [0.15, 0.2) is 10.3 Å². The molecule has 0 atom stereocenters. The summed E-state index contributed by atoms with van der Waals surface area (Å²) in [4.78, 5) is 24.4. The molecule has 4 aromatic rings. The van der Waals surface area contributed by atoms with Crippen molar-refractivity contribution in [3.8, 4) is 0 Å². The third kappa shape index (κ3) is 5.64. The van der Waals surface area contributed by atoms with Crippen LogP contribution < -0.4 is 15.5 Å². The zero-order valence-electron chi connectivity index (χ0n) is 18.3. The summed E-state index contributed by atoms with van der Waals surface area (Å²) in [7, 11) is 0. The van der Waals surface area contributed by atoms with E-state index in [1.807, 2.05) is 18.2 Å². The van der Waals surface area contributed by atoms with E-state index in [9.17, 15) is 0 Å². The van der Waals surface area contributed by atoms with Crippen molar-refractivity contribution >= 4 is 40.9 Å². The molecule has 5 rings (SSSR count). The molecular formula is C24H22N8S2. The van der Waals surface area contributed by atoms with Crippen LogP contribution in [-0.4, -0.2) is 36.6 Å². The average molecular weight is 487 g/mol. The van der Waals surface area contributed by atoms with Crippen molar-refractivity contribution < 1.29 is 0 Å². The first-order chi connectivity index (χ1) is 16.7. The Morgan fingerprint density at radius 3 is 2.68 bits per heavy atom. The van der Waals surface area contributed by atoms with Gasteiger partial charge in [-0.25, -0.2) is 15.0 Å². The molecule has 1 aliphatic rings. The number of benzene rings is 1. The van der Waals surface area contributed by atoms with E-state index in [2.05, 4.69) is 59.7 Å². The molecule has 1 aromatic carbocycles. The van der Waals surface area contributed by atoms with Crippen LogP contribution in [0.5, 0.6) is 0 Å². The number of thiocarbonyl (C=S) groups is 1. The van der Waals surface area contributed by atoms with Gasteiger partial charge in [-0.05, 0) is 59.2 Å². The van der Waals surface area contributed by atoms with Gasteiger partial charge in [0.25, 0.3) is 0 Å². The molecule has 170 valence electrons. The number of hydrogen-bond donors (Lipinski definition) is 2. The lowest BCUT2D eigenvalue weighted by atomic mass is 10.00. The quantitative estimate of drug-likeness (QED) is 0.238. The average Bonchev–Trinajstić information content (AvgIpc) is 2.88. The predicted octanol–water partition coefficient (Wildman–Crippen LogP) is 3.86. The van der Waals surface area contributed by atoms with Crippen LogP contribution in [0, 0.1) is 0 Å². The largest absolute Gasteiger partial charge is 0.358 e. The first-order valence-corrected chi connectivity index (χ1v) is 12.0. The first kappa shape index (κ1) is 22.2. The molecule has 0 amide bonds. The maximum absolute atomic E-state index is 5.49. The van der Waals surface area contributed by atoms with Crippen molar-refractivity contribution in [3.05, 3.63) is 90.0 Å². The molecule has 2 N–H and O–H groups in total. The summed E-state index contributed by atoms with van der Waals surface area (Å²) in [6, 6.07) is 16.2. The molecule has 0 aliphatic carbocycles. The second-order valence-electron chi connectivity index (χ2n) is 7.63. The maximum Gasteiger partial charge on any atom is 0.232 e. The number of anilines is 2. The van der Waals surface area contributed by atoms with Crippen molar-refractivity contribution in [2.24, 2.45) is 0 Å². The highest BCUT2D eigenvalue weighted by atomic mass is 32.2. The van der Waals surface area contributed by atoms with Crippen molar-refractivity contribution in [1.82, 2.24) is 30.2 Å². The lowest BCUT2D eigenvalue weighted by Crippen LogP contribution is -2.32. The molecule has 0 spiro atoms. The number of nitrogens with zero attached hydrogens (tertiary/aromatic N) is 6. The molecule has 10 heteroatoms. The van der Waals surface area contributed by atoms with Gasteiger partial charge in [0.05, 0.1) is 0 Å². The standard InChI is InChI=1S/C24H22N8S2/c33-23(28-15-17-5-3-9-25-14-17)31-22-29-20(13-21(30-22)34-24-26-10-4-11-27-24)32-12-8-18-6-1-2-7-19(18)16-32/h1-7,9-11,13-14H,8,12,15-16H2,(H2,28,29,30,31,33). The Morgan fingerprint density at radius 2 is 1.85 bits per heavy atom. The number of nitrogens with one attached hydrogen (secondary N) is 2. The van der Waals surface area contributed by atoms with Gasteiger partial charge in [-0.3, -0.25) is 4.98 Å². The summed E-state index contributed by atoms with van der Waals surface area (Å²) < 4.78 is 0. The molecule has 3 aromatic heterocycles. The van der Waals surface area contributed by atoms with Gasteiger partial charge in [-0.2, -0.15) is 4.98 Å². The van der Waals surface area contributed by atoms with Crippen molar-refractivity contribution in [3.63, 3.8) is 0 Å². The van der Waals surface area contributed by atoms with Crippen LogP contribution in [0.3, 0.4) is 0 Å². The van der Waals surface area contributed by atoms with Crippen LogP contribution >= 0.6 is 24.0 Å². The van der Waals surface area contributed by atoms with Gasteiger partial charge in [0, 0.05) is 50.5 Å². The van der Waals surface area contributed by atoms with Gasteiger partial charge >= 0.3 is 0 Å². The minimum Gasteiger partial charge on any atom is -0.358 e. The fourth-order valence-corrected chi connectivity index (χ4v) is 4.51. The number of hydrogen-bond acceptors (Lipinski definition) is 8. The number of aromatic nitrogens is 5. The summed E-state index contributed by atoms with van der Waals surface area (Å²) in [6.07, 6.45) is 7.95. The van der Waals surface area contributed by atoms with Gasteiger partial charge in [0.1, 0.15) is 10.8 Å². The van der Waals surface area contributed by atoms with E-state index in [0.29, 0.717) is 22.8 Å². The fourth-order valence-electron chi connectivity index (χ4n) is 3.64. The monoisotopic (exact) mass is 486 g/mol. The van der Waals surface area contributed by atoms with Crippen LogP contribution in [0.25, 0.3) is 0 Å². The third-order valence-electron chi connectivity index (χ3n) is 5.28. The van der Waals surface area contributed by atoms with Crippen molar-refractivity contribution in [2.75, 3.05) is 16.8 Å². The van der Waals surface area contributed by atoms with Crippen LogP contribution in [0.15, 0.2) is 83.5 Å². The molecule has 1 aliphatic heterocycles. The summed E-state index contributed by atoms with van der Waals surface area (Å²) in [6.45, 7) is 2.23. The van der Waals surface area contributed by atoms with Crippen molar-refractivity contribution in [2.45, 2.75) is 29.7 Å². The van der Waals surface area contributed by atoms with Gasteiger partial charge < -0.3 is 15.5 Å². The zero-order chi connectivity index (χ0) is 23.2. The van der Waals surface area contributed by atoms with Gasteiger partial charge in [-0.15, -0.1) is 0 Å².